The van der Waals surface area contributed by atoms with Crippen LogP contribution in [0.3, 0.4) is 0 Å². The topological polar surface area (TPSA) is 52.7 Å². The Hall–Kier alpha value is -2.66. The van der Waals surface area contributed by atoms with Gasteiger partial charge in [0.25, 0.3) is 5.91 Å². The van der Waals surface area contributed by atoms with Gasteiger partial charge in [-0.15, -0.1) is 0 Å². The summed E-state index contributed by atoms with van der Waals surface area (Å²) in [7, 11) is 0. The summed E-state index contributed by atoms with van der Waals surface area (Å²) in [6, 6.07) is 13.8. The number of para-hydroxylation sites is 1. The Balaban J connectivity index is 1.53. The first-order valence-electron chi connectivity index (χ1n) is 9.95. The number of piperazine rings is 1. The second kappa shape index (κ2) is 9.02. The highest BCUT2D eigenvalue weighted by atomic mass is 16.2. The highest BCUT2D eigenvalue weighted by Crippen LogP contribution is 2.17. The van der Waals surface area contributed by atoms with Gasteiger partial charge in [0.05, 0.1) is 6.54 Å². The number of anilines is 1. The molecule has 1 saturated heterocycles. The molecule has 1 fully saturated rings. The van der Waals surface area contributed by atoms with E-state index in [4.69, 9.17) is 0 Å². The van der Waals surface area contributed by atoms with E-state index in [1.165, 1.54) is 0 Å². The van der Waals surface area contributed by atoms with Crippen molar-refractivity contribution in [2.45, 2.75) is 27.2 Å². The number of carbonyl (C=O) groups is 2. The van der Waals surface area contributed by atoms with E-state index in [0.29, 0.717) is 32.7 Å². The van der Waals surface area contributed by atoms with Gasteiger partial charge in [-0.25, -0.2) is 0 Å². The van der Waals surface area contributed by atoms with Gasteiger partial charge in [0.15, 0.2) is 0 Å². The van der Waals surface area contributed by atoms with Crippen LogP contribution in [0.2, 0.25) is 0 Å². The van der Waals surface area contributed by atoms with Gasteiger partial charge in [0.1, 0.15) is 0 Å². The Labute approximate surface area is 167 Å². The summed E-state index contributed by atoms with van der Waals surface area (Å²) in [4.78, 5) is 29.3. The zero-order valence-corrected chi connectivity index (χ0v) is 17.0. The van der Waals surface area contributed by atoms with Crippen molar-refractivity contribution in [1.29, 1.82) is 0 Å². The maximum Gasteiger partial charge on any atom is 0.254 e. The van der Waals surface area contributed by atoms with E-state index in [-0.39, 0.29) is 11.8 Å². The predicted octanol–water partition coefficient (Wildman–Crippen LogP) is 3.26. The van der Waals surface area contributed by atoms with Gasteiger partial charge >= 0.3 is 0 Å². The van der Waals surface area contributed by atoms with Crippen LogP contribution in [0.4, 0.5) is 5.69 Å². The summed E-state index contributed by atoms with van der Waals surface area (Å²) >= 11 is 0. The van der Waals surface area contributed by atoms with Crippen molar-refractivity contribution >= 4 is 17.5 Å². The van der Waals surface area contributed by atoms with Gasteiger partial charge in [-0.3, -0.25) is 14.5 Å². The molecule has 1 aliphatic rings. The molecule has 0 radical (unpaired) electrons. The summed E-state index contributed by atoms with van der Waals surface area (Å²) in [6.45, 7) is 9.16. The molecule has 1 N–H and O–H groups in total. The van der Waals surface area contributed by atoms with Crippen molar-refractivity contribution in [2.75, 3.05) is 38.0 Å². The maximum atomic E-state index is 12.8. The fourth-order valence-electron chi connectivity index (χ4n) is 3.61. The fourth-order valence-corrected chi connectivity index (χ4v) is 3.61. The molecule has 0 saturated carbocycles. The first-order chi connectivity index (χ1) is 13.5. The average Bonchev–Trinajstić information content (AvgIpc) is 2.70. The SMILES string of the molecule is CCc1ccccc1NC(=O)CN1CCN(C(=O)c2cccc(C)c2C)CC1. The normalized spacial score (nSPS) is 14.8. The molecule has 3 rings (SSSR count). The molecule has 1 aliphatic heterocycles. The molecule has 0 aliphatic carbocycles. The molecule has 2 amide bonds. The second-order valence-corrected chi connectivity index (χ2v) is 7.37. The monoisotopic (exact) mass is 379 g/mol. The van der Waals surface area contributed by atoms with E-state index < -0.39 is 0 Å². The minimum atomic E-state index is -0.00444. The Morgan fingerprint density at radius 1 is 0.964 bits per heavy atom. The molecule has 1 heterocycles. The molecule has 5 heteroatoms. The molecule has 0 spiro atoms. The number of rotatable bonds is 5. The number of benzene rings is 2. The standard InChI is InChI=1S/C23H29N3O2/c1-4-19-9-5-6-11-21(19)24-22(27)16-25-12-14-26(15-13-25)23(28)20-10-7-8-17(2)18(20)3/h5-11H,4,12-16H2,1-3H3,(H,24,27). The summed E-state index contributed by atoms with van der Waals surface area (Å²) in [5.41, 5.74) is 4.98. The number of aryl methyl sites for hydroxylation is 2. The van der Waals surface area contributed by atoms with Crippen molar-refractivity contribution in [3.63, 3.8) is 0 Å². The van der Waals surface area contributed by atoms with Crippen molar-refractivity contribution in [2.24, 2.45) is 0 Å². The van der Waals surface area contributed by atoms with Gasteiger partial charge in [-0.1, -0.05) is 37.3 Å². The van der Waals surface area contributed by atoms with E-state index in [9.17, 15) is 9.59 Å². The number of hydrogen-bond donors (Lipinski definition) is 1. The van der Waals surface area contributed by atoms with Crippen molar-refractivity contribution in [3.05, 3.63) is 64.7 Å². The largest absolute Gasteiger partial charge is 0.336 e. The minimum absolute atomic E-state index is 0.00444. The Bertz CT molecular complexity index is 855. The zero-order valence-electron chi connectivity index (χ0n) is 17.0. The van der Waals surface area contributed by atoms with Gasteiger partial charge < -0.3 is 10.2 Å². The van der Waals surface area contributed by atoms with Gasteiger partial charge in [-0.2, -0.15) is 0 Å². The third kappa shape index (κ3) is 4.60. The number of hydrogen-bond acceptors (Lipinski definition) is 3. The molecular formula is C23H29N3O2. The third-order valence-corrected chi connectivity index (χ3v) is 5.53. The second-order valence-electron chi connectivity index (χ2n) is 7.37. The molecule has 2 aromatic carbocycles. The number of amides is 2. The number of nitrogens with one attached hydrogen (secondary N) is 1. The molecule has 5 nitrogen and oxygen atoms in total. The van der Waals surface area contributed by atoms with E-state index in [1.54, 1.807) is 0 Å². The van der Waals surface area contributed by atoms with Crippen LogP contribution in [-0.2, 0) is 11.2 Å². The zero-order chi connectivity index (χ0) is 20.1. The lowest BCUT2D eigenvalue weighted by Crippen LogP contribution is -2.50. The lowest BCUT2D eigenvalue weighted by Gasteiger charge is -2.34. The van der Waals surface area contributed by atoms with Crippen LogP contribution < -0.4 is 5.32 Å². The lowest BCUT2D eigenvalue weighted by atomic mass is 10.0. The van der Waals surface area contributed by atoms with Gasteiger partial charge in [0, 0.05) is 37.4 Å². The predicted molar refractivity (Wildman–Crippen MR) is 113 cm³/mol. The van der Waals surface area contributed by atoms with E-state index in [2.05, 4.69) is 17.1 Å². The van der Waals surface area contributed by atoms with E-state index in [0.717, 1.165) is 34.4 Å². The van der Waals surface area contributed by atoms with Crippen LogP contribution >= 0.6 is 0 Å². The third-order valence-electron chi connectivity index (χ3n) is 5.53. The molecule has 0 atom stereocenters. The van der Waals surface area contributed by atoms with E-state index >= 15 is 0 Å². The summed E-state index contributed by atoms with van der Waals surface area (Å²) in [5, 5.41) is 3.02. The highest BCUT2D eigenvalue weighted by molar-refractivity contribution is 5.96. The Morgan fingerprint density at radius 2 is 1.68 bits per heavy atom. The van der Waals surface area contributed by atoms with Crippen molar-refractivity contribution < 1.29 is 9.59 Å². The molecule has 0 unspecified atom stereocenters. The van der Waals surface area contributed by atoms with Crippen LogP contribution in [0, 0.1) is 13.8 Å². The molecular weight excluding hydrogens is 350 g/mol. The maximum absolute atomic E-state index is 12.8. The smallest absolute Gasteiger partial charge is 0.254 e. The Kier molecular flexibility index (Phi) is 6.47. The minimum Gasteiger partial charge on any atom is -0.336 e. The summed E-state index contributed by atoms with van der Waals surface area (Å²) in [5.74, 6) is 0.0809. The summed E-state index contributed by atoms with van der Waals surface area (Å²) < 4.78 is 0. The number of carbonyl (C=O) groups excluding carboxylic acids is 2. The van der Waals surface area contributed by atoms with Crippen LogP contribution in [0.5, 0.6) is 0 Å². The van der Waals surface area contributed by atoms with Gasteiger partial charge in [0.2, 0.25) is 5.91 Å². The molecule has 148 valence electrons. The summed E-state index contributed by atoms with van der Waals surface area (Å²) in [6.07, 6.45) is 0.885. The average molecular weight is 380 g/mol. The molecule has 0 aromatic heterocycles. The van der Waals surface area contributed by atoms with Crippen LogP contribution in [0.15, 0.2) is 42.5 Å². The van der Waals surface area contributed by atoms with Gasteiger partial charge in [-0.05, 0) is 49.1 Å². The highest BCUT2D eigenvalue weighted by Gasteiger charge is 2.24. The van der Waals surface area contributed by atoms with E-state index in [1.807, 2.05) is 61.2 Å². The first-order valence-corrected chi connectivity index (χ1v) is 9.95. The number of nitrogens with zero attached hydrogens (tertiary/aromatic N) is 2. The molecule has 0 bridgehead atoms. The molecule has 28 heavy (non-hydrogen) atoms. The van der Waals surface area contributed by atoms with Crippen molar-refractivity contribution in [1.82, 2.24) is 9.80 Å². The van der Waals surface area contributed by atoms with Crippen molar-refractivity contribution in [3.8, 4) is 0 Å². The van der Waals surface area contributed by atoms with Crippen LogP contribution in [-0.4, -0.2) is 54.3 Å². The fraction of sp³-hybridized carbons (Fsp3) is 0.391. The quantitative estimate of drug-likeness (QED) is 0.868. The molecule has 2 aromatic rings. The lowest BCUT2D eigenvalue weighted by molar-refractivity contribution is -0.117. The Morgan fingerprint density at radius 3 is 2.39 bits per heavy atom. The van der Waals surface area contributed by atoms with Crippen LogP contribution in [0.1, 0.15) is 34.0 Å². The first kappa shape index (κ1) is 20.1. The van der Waals surface area contributed by atoms with Crippen LogP contribution in [0.25, 0.3) is 0 Å².